The molecule has 0 aromatic heterocycles. The largest absolute Gasteiger partial charge is 0.401 e. The Morgan fingerprint density at radius 2 is 2.00 bits per heavy atom. The zero-order chi connectivity index (χ0) is 13.6. The van der Waals surface area contributed by atoms with Crippen molar-refractivity contribution in [2.24, 2.45) is 0 Å². The molecule has 0 aliphatic carbocycles. The zero-order valence-corrected chi connectivity index (χ0v) is 11.6. The van der Waals surface area contributed by atoms with Crippen LogP contribution in [0.25, 0.3) is 0 Å². The molecule has 2 nitrogen and oxygen atoms in total. The van der Waals surface area contributed by atoms with Gasteiger partial charge in [-0.05, 0) is 32.9 Å². The molecule has 1 atom stereocenters. The maximum absolute atomic E-state index is 12.4. The van der Waals surface area contributed by atoms with Crippen molar-refractivity contribution in [2.75, 3.05) is 39.1 Å². The van der Waals surface area contributed by atoms with Gasteiger partial charge in [-0.1, -0.05) is 6.42 Å². The van der Waals surface area contributed by atoms with Gasteiger partial charge < -0.3 is 4.90 Å². The van der Waals surface area contributed by atoms with Crippen LogP contribution in [0.3, 0.4) is 0 Å². The van der Waals surface area contributed by atoms with Crippen molar-refractivity contribution < 1.29 is 13.2 Å². The van der Waals surface area contributed by atoms with Crippen molar-refractivity contribution in [3.8, 4) is 0 Å². The molecule has 6 heteroatoms. The number of halogens is 4. The minimum atomic E-state index is -4.13. The fraction of sp³-hybridized carbons (Fsp3) is 1.00. The number of likely N-dealkylation sites (tertiary alicyclic amines) is 1. The third kappa shape index (κ3) is 6.25. The van der Waals surface area contributed by atoms with Crippen LogP contribution in [0.2, 0.25) is 0 Å². The summed E-state index contributed by atoms with van der Waals surface area (Å²) in [5, 5.41) is 0. The van der Waals surface area contributed by atoms with Gasteiger partial charge >= 0.3 is 6.18 Å². The Hall–Kier alpha value is -0.0000000000000000555. The third-order valence-corrected chi connectivity index (χ3v) is 3.67. The average Bonchev–Trinajstić information content (AvgIpc) is 2.26. The molecule has 0 radical (unpaired) electrons. The molecular weight excluding hydrogens is 265 g/mol. The Morgan fingerprint density at radius 1 is 1.28 bits per heavy atom. The molecule has 1 rings (SSSR count). The van der Waals surface area contributed by atoms with E-state index >= 15 is 0 Å². The summed E-state index contributed by atoms with van der Waals surface area (Å²) in [7, 11) is 2.06. The van der Waals surface area contributed by atoms with Crippen molar-refractivity contribution in [2.45, 2.75) is 37.9 Å². The van der Waals surface area contributed by atoms with Crippen LogP contribution < -0.4 is 0 Å². The summed E-state index contributed by atoms with van der Waals surface area (Å²) in [4.78, 5) is 3.67. The second-order valence-corrected chi connectivity index (χ2v) is 5.38. The van der Waals surface area contributed by atoms with Gasteiger partial charge in [0.1, 0.15) is 0 Å². The number of hydrogen-bond donors (Lipinski definition) is 0. The van der Waals surface area contributed by atoms with Crippen molar-refractivity contribution in [3.63, 3.8) is 0 Å². The topological polar surface area (TPSA) is 6.48 Å². The molecule has 108 valence electrons. The van der Waals surface area contributed by atoms with Crippen molar-refractivity contribution in [1.82, 2.24) is 9.80 Å². The summed E-state index contributed by atoms with van der Waals surface area (Å²) in [5.74, 6) is 0.247. The molecule has 1 aliphatic rings. The van der Waals surface area contributed by atoms with Crippen LogP contribution in [0.5, 0.6) is 0 Å². The molecule has 1 heterocycles. The van der Waals surface area contributed by atoms with Gasteiger partial charge in [-0.25, -0.2) is 0 Å². The molecule has 0 spiro atoms. The summed E-state index contributed by atoms with van der Waals surface area (Å²) in [6, 6.07) is 0.421. The Bertz CT molecular complexity index is 236. The van der Waals surface area contributed by atoms with Gasteiger partial charge in [-0.2, -0.15) is 13.2 Å². The lowest BCUT2D eigenvalue weighted by Crippen LogP contribution is -2.41. The highest BCUT2D eigenvalue weighted by molar-refractivity contribution is 6.18. The van der Waals surface area contributed by atoms with Gasteiger partial charge in [0.25, 0.3) is 0 Å². The van der Waals surface area contributed by atoms with E-state index in [1.54, 1.807) is 0 Å². The molecule has 0 N–H and O–H groups in total. The molecular formula is C12H22ClF3N2. The van der Waals surface area contributed by atoms with Crippen LogP contribution in [-0.2, 0) is 0 Å². The standard InChI is InChI=1S/C12H22ClF3N2/c1-17-7-3-2-4-11(17)5-8-18(9-6-13)10-12(14,15)16/h11H,2-10H2,1H3. The van der Waals surface area contributed by atoms with E-state index in [1.807, 2.05) is 0 Å². The number of rotatable bonds is 6. The number of hydrogen-bond acceptors (Lipinski definition) is 2. The minimum Gasteiger partial charge on any atom is -0.303 e. The number of piperidine rings is 1. The van der Waals surface area contributed by atoms with Gasteiger partial charge in [-0.3, -0.25) is 4.90 Å². The van der Waals surface area contributed by atoms with Gasteiger partial charge in [0.2, 0.25) is 0 Å². The predicted octanol–water partition coefficient (Wildman–Crippen LogP) is 2.96. The van der Waals surface area contributed by atoms with Crippen molar-refractivity contribution in [1.29, 1.82) is 0 Å². The van der Waals surface area contributed by atoms with E-state index in [0.29, 0.717) is 19.1 Å². The molecule has 1 unspecified atom stereocenters. The molecule has 18 heavy (non-hydrogen) atoms. The van der Waals surface area contributed by atoms with Gasteiger partial charge in [-0.15, -0.1) is 11.6 Å². The monoisotopic (exact) mass is 286 g/mol. The Kier molecular flexibility index (Phi) is 6.74. The first-order valence-electron chi connectivity index (χ1n) is 6.47. The smallest absolute Gasteiger partial charge is 0.303 e. The van der Waals surface area contributed by atoms with Crippen LogP contribution in [-0.4, -0.2) is 61.1 Å². The van der Waals surface area contributed by atoms with Crippen LogP contribution in [0.1, 0.15) is 25.7 Å². The lowest BCUT2D eigenvalue weighted by Gasteiger charge is -2.34. The van der Waals surface area contributed by atoms with Crippen molar-refractivity contribution >= 4 is 11.6 Å². The van der Waals surface area contributed by atoms with Crippen LogP contribution in [0, 0.1) is 0 Å². The number of nitrogens with zero attached hydrogens (tertiary/aromatic N) is 2. The first-order valence-corrected chi connectivity index (χ1v) is 7.01. The van der Waals surface area contributed by atoms with Crippen molar-refractivity contribution in [3.05, 3.63) is 0 Å². The van der Waals surface area contributed by atoms with E-state index in [0.717, 1.165) is 19.4 Å². The summed E-state index contributed by atoms with van der Waals surface area (Å²) >= 11 is 5.56. The summed E-state index contributed by atoms with van der Waals surface area (Å²) in [6.45, 7) is 0.980. The first kappa shape index (κ1) is 16.1. The Labute approximate surface area is 112 Å². The lowest BCUT2D eigenvalue weighted by molar-refractivity contribution is -0.145. The maximum Gasteiger partial charge on any atom is 0.401 e. The average molecular weight is 287 g/mol. The highest BCUT2D eigenvalue weighted by atomic mass is 35.5. The summed E-state index contributed by atoms with van der Waals surface area (Å²) in [6.07, 6.45) is 0.135. The summed E-state index contributed by atoms with van der Waals surface area (Å²) in [5.41, 5.74) is 0. The highest BCUT2D eigenvalue weighted by Gasteiger charge is 2.30. The molecule has 0 amide bonds. The first-order chi connectivity index (χ1) is 8.42. The van der Waals surface area contributed by atoms with E-state index < -0.39 is 12.7 Å². The Balaban J connectivity index is 2.36. The second kappa shape index (κ2) is 7.56. The molecule has 1 saturated heterocycles. The lowest BCUT2D eigenvalue weighted by atomic mass is 10.00. The van der Waals surface area contributed by atoms with Crippen LogP contribution >= 0.6 is 11.6 Å². The molecule has 0 aromatic carbocycles. The van der Waals surface area contributed by atoms with E-state index in [2.05, 4.69) is 11.9 Å². The van der Waals surface area contributed by atoms with E-state index in [-0.39, 0.29) is 5.88 Å². The molecule has 0 bridgehead atoms. The third-order valence-electron chi connectivity index (χ3n) is 3.50. The van der Waals surface area contributed by atoms with Crippen LogP contribution in [0.4, 0.5) is 13.2 Å². The molecule has 1 fully saturated rings. The Morgan fingerprint density at radius 3 is 2.56 bits per heavy atom. The SMILES string of the molecule is CN1CCCCC1CCN(CCCl)CC(F)(F)F. The quantitative estimate of drug-likeness (QED) is 0.693. The number of alkyl halides is 4. The van der Waals surface area contributed by atoms with Crippen LogP contribution in [0.15, 0.2) is 0 Å². The summed E-state index contributed by atoms with van der Waals surface area (Å²) < 4.78 is 37.1. The fourth-order valence-corrected chi connectivity index (χ4v) is 2.72. The van der Waals surface area contributed by atoms with E-state index in [9.17, 15) is 13.2 Å². The maximum atomic E-state index is 12.4. The zero-order valence-electron chi connectivity index (χ0n) is 10.8. The minimum absolute atomic E-state index is 0.247. The van der Waals surface area contributed by atoms with E-state index in [1.165, 1.54) is 17.7 Å². The second-order valence-electron chi connectivity index (χ2n) is 5.00. The van der Waals surface area contributed by atoms with Gasteiger partial charge in [0.15, 0.2) is 0 Å². The predicted molar refractivity (Wildman–Crippen MR) is 68.1 cm³/mol. The molecule has 0 saturated carbocycles. The highest BCUT2D eigenvalue weighted by Crippen LogP contribution is 2.20. The van der Waals surface area contributed by atoms with E-state index in [4.69, 9.17) is 11.6 Å². The van der Waals surface area contributed by atoms with Gasteiger partial charge in [0.05, 0.1) is 6.54 Å². The molecule has 0 aromatic rings. The van der Waals surface area contributed by atoms with Gasteiger partial charge in [0, 0.05) is 25.0 Å². The molecule has 1 aliphatic heterocycles. The fourth-order valence-electron chi connectivity index (χ4n) is 2.48. The normalized spacial score (nSPS) is 22.7.